The minimum Gasteiger partial charge on any atom is -0.494 e. The highest BCUT2D eigenvalue weighted by Gasteiger charge is 2.06. The second kappa shape index (κ2) is 9.75. The van der Waals surface area contributed by atoms with Crippen molar-refractivity contribution in [1.29, 1.82) is 0 Å². The first kappa shape index (κ1) is 19.7. The Morgan fingerprint density at radius 1 is 0.821 bits per heavy atom. The van der Waals surface area contributed by atoms with Crippen LogP contribution in [0, 0.1) is 5.82 Å². The summed E-state index contributed by atoms with van der Waals surface area (Å²) in [5.74, 6) is 0.816. The normalized spacial score (nSPS) is 10.5. The first-order valence-corrected chi connectivity index (χ1v) is 9.58. The van der Waals surface area contributed by atoms with E-state index < -0.39 is 0 Å². The Bertz CT molecular complexity index is 899. The van der Waals surface area contributed by atoms with E-state index in [4.69, 9.17) is 9.47 Å². The van der Waals surface area contributed by atoms with Gasteiger partial charge in [0.15, 0.2) is 11.6 Å². The molecule has 0 fully saturated rings. The van der Waals surface area contributed by atoms with E-state index in [1.54, 1.807) is 6.07 Å². The highest BCUT2D eigenvalue weighted by atomic mass is 19.1. The van der Waals surface area contributed by atoms with Crippen LogP contribution in [0.5, 0.6) is 11.5 Å². The van der Waals surface area contributed by atoms with Crippen molar-refractivity contribution in [1.82, 2.24) is 0 Å². The minimum atomic E-state index is -0.341. The molecule has 0 radical (unpaired) electrons. The van der Waals surface area contributed by atoms with Gasteiger partial charge in [-0.25, -0.2) is 4.39 Å². The topological polar surface area (TPSA) is 18.5 Å². The van der Waals surface area contributed by atoms with Crippen molar-refractivity contribution in [2.45, 2.75) is 19.8 Å². The fourth-order valence-corrected chi connectivity index (χ4v) is 2.97. The quantitative estimate of drug-likeness (QED) is 0.299. The Balaban J connectivity index is 1.68. The average molecular weight is 376 g/mol. The molecule has 0 aliphatic carbocycles. The molecule has 3 aromatic carbocycles. The highest BCUT2D eigenvalue weighted by molar-refractivity contribution is 5.71. The minimum absolute atomic E-state index is 0.287. The van der Waals surface area contributed by atoms with Crippen molar-refractivity contribution in [3.63, 3.8) is 0 Å². The number of allylic oxidation sites excluding steroid dienone is 1. The summed E-state index contributed by atoms with van der Waals surface area (Å²) in [5.41, 5.74) is 4.01. The van der Waals surface area contributed by atoms with Gasteiger partial charge in [-0.05, 0) is 66.3 Å². The lowest BCUT2D eigenvalue weighted by Gasteiger charge is -2.09. The molecule has 2 nitrogen and oxygen atoms in total. The third kappa shape index (κ3) is 5.01. The third-order valence-corrected chi connectivity index (χ3v) is 4.46. The highest BCUT2D eigenvalue weighted by Crippen LogP contribution is 2.29. The van der Waals surface area contributed by atoms with Gasteiger partial charge in [0.05, 0.1) is 13.2 Å². The van der Waals surface area contributed by atoms with Gasteiger partial charge < -0.3 is 9.47 Å². The predicted octanol–water partition coefficient (Wildman–Crippen LogP) is 6.90. The maximum Gasteiger partial charge on any atom is 0.165 e. The van der Waals surface area contributed by atoms with Gasteiger partial charge in [-0.3, -0.25) is 0 Å². The van der Waals surface area contributed by atoms with Crippen molar-refractivity contribution in [3.05, 3.63) is 85.2 Å². The van der Waals surface area contributed by atoms with Crippen LogP contribution < -0.4 is 9.47 Å². The summed E-state index contributed by atoms with van der Waals surface area (Å²) in [4.78, 5) is 0. The number of halogens is 1. The summed E-state index contributed by atoms with van der Waals surface area (Å²) in [5, 5.41) is 0. The van der Waals surface area contributed by atoms with Crippen molar-refractivity contribution in [2.24, 2.45) is 0 Å². The van der Waals surface area contributed by atoms with Gasteiger partial charge in [0, 0.05) is 0 Å². The van der Waals surface area contributed by atoms with Gasteiger partial charge in [-0.1, -0.05) is 48.5 Å². The first-order chi connectivity index (χ1) is 13.7. The van der Waals surface area contributed by atoms with Gasteiger partial charge in [-0.15, -0.1) is 6.58 Å². The smallest absolute Gasteiger partial charge is 0.165 e. The lowest BCUT2D eigenvalue weighted by atomic mass is 10.00. The standard InChI is InChI=1S/C25H25FO2/c1-3-5-6-17-28-23-14-11-20(12-15-23)19-7-9-21(10-8-19)22-13-16-25(27-4-2)24(26)18-22/h3,7-16,18H,1,4-6,17H2,2H3. The van der Waals surface area contributed by atoms with Crippen molar-refractivity contribution in [2.75, 3.05) is 13.2 Å². The van der Waals surface area contributed by atoms with Crippen LogP contribution in [0.4, 0.5) is 4.39 Å². The summed E-state index contributed by atoms with van der Waals surface area (Å²) >= 11 is 0. The largest absolute Gasteiger partial charge is 0.494 e. The lowest BCUT2D eigenvalue weighted by Crippen LogP contribution is -1.96. The zero-order chi connectivity index (χ0) is 19.8. The molecule has 0 unspecified atom stereocenters. The van der Waals surface area contributed by atoms with Crippen molar-refractivity contribution >= 4 is 0 Å². The van der Waals surface area contributed by atoms with E-state index in [0.29, 0.717) is 13.2 Å². The fraction of sp³-hybridized carbons (Fsp3) is 0.200. The van der Waals surface area contributed by atoms with E-state index in [1.807, 2.05) is 67.6 Å². The summed E-state index contributed by atoms with van der Waals surface area (Å²) < 4.78 is 25.1. The summed E-state index contributed by atoms with van der Waals surface area (Å²) in [7, 11) is 0. The molecular weight excluding hydrogens is 351 g/mol. The zero-order valence-electron chi connectivity index (χ0n) is 16.2. The number of benzene rings is 3. The third-order valence-electron chi connectivity index (χ3n) is 4.46. The van der Waals surface area contributed by atoms with Crippen LogP contribution in [0.2, 0.25) is 0 Å². The van der Waals surface area contributed by atoms with Crippen LogP contribution >= 0.6 is 0 Å². The van der Waals surface area contributed by atoms with Crippen LogP contribution in [0.3, 0.4) is 0 Å². The van der Waals surface area contributed by atoms with E-state index >= 15 is 0 Å². The Morgan fingerprint density at radius 3 is 1.96 bits per heavy atom. The van der Waals surface area contributed by atoms with E-state index in [-0.39, 0.29) is 11.6 Å². The molecule has 0 saturated carbocycles. The molecule has 0 aromatic heterocycles. The Hall–Kier alpha value is -3.07. The number of rotatable bonds is 9. The molecule has 0 atom stereocenters. The van der Waals surface area contributed by atoms with Crippen LogP contribution in [-0.2, 0) is 0 Å². The maximum absolute atomic E-state index is 14.1. The number of ether oxygens (including phenoxy) is 2. The molecule has 0 bridgehead atoms. The molecule has 3 heteroatoms. The summed E-state index contributed by atoms with van der Waals surface area (Å²) in [6.45, 7) is 6.69. The lowest BCUT2D eigenvalue weighted by molar-refractivity contribution is 0.312. The van der Waals surface area contributed by atoms with Gasteiger partial charge in [-0.2, -0.15) is 0 Å². The zero-order valence-corrected chi connectivity index (χ0v) is 16.2. The molecule has 0 saturated heterocycles. The Morgan fingerprint density at radius 2 is 1.39 bits per heavy atom. The van der Waals surface area contributed by atoms with E-state index in [2.05, 4.69) is 6.58 Å². The molecule has 144 valence electrons. The predicted molar refractivity (Wildman–Crippen MR) is 113 cm³/mol. The van der Waals surface area contributed by atoms with Crippen molar-refractivity contribution in [3.8, 4) is 33.8 Å². The summed E-state index contributed by atoms with van der Waals surface area (Å²) in [6, 6.07) is 21.2. The van der Waals surface area contributed by atoms with Gasteiger partial charge in [0.1, 0.15) is 5.75 Å². The Kier molecular flexibility index (Phi) is 6.85. The molecule has 3 rings (SSSR count). The second-order valence-corrected chi connectivity index (χ2v) is 6.46. The fourth-order valence-electron chi connectivity index (χ4n) is 2.97. The van der Waals surface area contributed by atoms with Crippen LogP contribution in [0.15, 0.2) is 79.4 Å². The molecule has 0 spiro atoms. The number of unbranched alkanes of at least 4 members (excludes halogenated alkanes) is 1. The van der Waals surface area contributed by atoms with Gasteiger partial charge in [0.25, 0.3) is 0 Å². The van der Waals surface area contributed by atoms with Crippen LogP contribution in [0.1, 0.15) is 19.8 Å². The monoisotopic (exact) mass is 376 g/mol. The molecule has 0 N–H and O–H groups in total. The molecule has 0 amide bonds. The number of hydrogen-bond acceptors (Lipinski definition) is 2. The Labute approximate surface area is 166 Å². The van der Waals surface area contributed by atoms with E-state index in [1.165, 1.54) is 6.07 Å². The van der Waals surface area contributed by atoms with Crippen molar-refractivity contribution < 1.29 is 13.9 Å². The first-order valence-electron chi connectivity index (χ1n) is 9.58. The molecule has 28 heavy (non-hydrogen) atoms. The SMILES string of the molecule is C=CCCCOc1ccc(-c2ccc(-c3ccc(OCC)c(F)c3)cc2)cc1. The van der Waals surface area contributed by atoms with E-state index in [9.17, 15) is 4.39 Å². The maximum atomic E-state index is 14.1. The second-order valence-electron chi connectivity index (χ2n) is 6.46. The van der Waals surface area contributed by atoms with Crippen LogP contribution in [-0.4, -0.2) is 13.2 Å². The molecule has 0 aliphatic heterocycles. The van der Waals surface area contributed by atoms with E-state index in [0.717, 1.165) is 40.8 Å². The number of hydrogen-bond donors (Lipinski definition) is 0. The van der Waals surface area contributed by atoms with Gasteiger partial charge >= 0.3 is 0 Å². The van der Waals surface area contributed by atoms with Crippen LogP contribution in [0.25, 0.3) is 22.3 Å². The summed E-state index contributed by atoms with van der Waals surface area (Å²) in [6.07, 6.45) is 3.83. The average Bonchev–Trinajstić information content (AvgIpc) is 2.73. The molecule has 0 heterocycles. The molecule has 3 aromatic rings. The van der Waals surface area contributed by atoms with Gasteiger partial charge in [0.2, 0.25) is 0 Å². The molecule has 0 aliphatic rings. The molecular formula is C25H25FO2.